The van der Waals surface area contributed by atoms with E-state index in [1.165, 1.54) is 39.1 Å². The van der Waals surface area contributed by atoms with Crippen molar-refractivity contribution in [1.82, 2.24) is 4.90 Å². The van der Waals surface area contributed by atoms with Crippen LogP contribution in [0.2, 0.25) is 0 Å². The number of hydrogen-bond donors (Lipinski definition) is 1. The maximum absolute atomic E-state index is 4.36. The summed E-state index contributed by atoms with van der Waals surface area (Å²) in [5, 5.41) is 3.26. The Morgan fingerprint density at radius 1 is 0.795 bits per heavy atom. The molecule has 1 aliphatic rings. The molecule has 1 fully saturated rings. The zero-order chi connectivity index (χ0) is 32.9. The van der Waals surface area contributed by atoms with Gasteiger partial charge in [-0.15, -0.1) is 0 Å². The summed E-state index contributed by atoms with van der Waals surface area (Å²) in [6, 6.07) is 26.0. The highest BCUT2D eigenvalue weighted by atomic mass is 15.3. The Morgan fingerprint density at radius 2 is 1.34 bits per heavy atom. The lowest BCUT2D eigenvalue weighted by atomic mass is 9.85. The van der Waals surface area contributed by atoms with Gasteiger partial charge in [-0.1, -0.05) is 115 Å². The number of rotatable bonds is 8. The number of piperazine rings is 1. The fourth-order valence-corrected chi connectivity index (χ4v) is 5.15. The highest BCUT2D eigenvalue weighted by Crippen LogP contribution is 2.32. The molecule has 0 bridgehead atoms. The average Bonchev–Trinajstić information content (AvgIpc) is 3.01. The summed E-state index contributed by atoms with van der Waals surface area (Å²) in [6.45, 7) is 35.6. The van der Waals surface area contributed by atoms with Crippen LogP contribution < -0.4 is 10.2 Å². The molecule has 0 aromatic heterocycles. The summed E-state index contributed by atoms with van der Waals surface area (Å²) >= 11 is 0. The second kappa shape index (κ2) is 17.3. The number of nitrogens with zero attached hydrogens (tertiary/aromatic N) is 2. The third-order valence-electron chi connectivity index (χ3n) is 7.77. The largest absolute Gasteiger partial charge is 0.374 e. The van der Waals surface area contributed by atoms with Gasteiger partial charge in [0, 0.05) is 43.3 Å². The van der Waals surface area contributed by atoms with E-state index < -0.39 is 0 Å². The lowest BCUT2D eigenvalue weighted by molar-refractivity contribution is 0.350. The molecule has 236 valence electrons. The summed E-state index contributed by atoms with van der Waals surface area (Å²) in [6.07, 6.45) is 2.79. The predicted octanol–water partition coefficient (Wildman–Crippen LogP) is 11.1. The van der Waals surface area contributed by atoms with E-state index in [0.29, 0.717) is 0 Å². The van der Waals surface area contributed by atoms with Gasteiger partial charge in [0.1, 0.15) is 0 Å². The second-order valence-electron chi connectivity index (χ2n) is 12.6. The van der Waals surface area contributed by atoms with Crippen LogP contribution in [0.5, 0.6) is 0 Å². The molecule has 1 saturated heterocycles. The molecule has 0 radical (unpaired) electrons. The van der Waals surface area contributed by atoms with E-state index in [1.807, 2.05) is 27.0 Å². The molecule has 3 nitrogen and oxygen atoms in total. The monoisotopic (exact) mass is 591 g/mol. The van der Waals surface area contributed by atoms with Gasteiger partial charge >= 0.3 is 0 Å². The summed E-state index contributed by atoms with van der Waals surface area (Å²) in [5.41, 5.74) is 12.5. The molecule has 1 N–H and O–H groups in total. The second-order valence-corrected chi connectivity index (χ2v) is 12.6. The van der Waals surface area contributed by atoms with Crippen molar-refractivity contribution < 1.29 is 0 Å². The molecule has 4 rings (SSSR count). The number of nitrogens with one attached hydrogen (secondary N) is 1. The van der Waals surface area contributed by atoms with Gasteiger partial charge in [-0.25, -0.2) is 0 Å². The van der Waals surface area contributed by atoms with Gasteiger partial charge in [-0.3, -0.25) is 0 Å². The van der Waals surface area contributed by atoms with E-state index in [-0.39, 0.29) is 5.41 Å². The topological polar surface area (TPSA) is 18.5 Å². The van der Waals surface area contributed by atoms with Crippen molar-refractivity contribution in [3.05, 3.63) is 132 Å². The Hall–Kier alpha value is -3.98. The molecule has 1 heterocycles. The number of aryl methyl sites for hydroxylation is 1. The summed E-state index contributed by atoms with van der Waals surface area (Å²) in [5.74, 6) is 0. The first-order chi connectivity index (χ1) is 20.9. The minimum absolute atomic E-state index is 0.171. The van der Waals surface area contributed by atoms with Crippen molar-refractivity contribution in [3.63, 3.8) is 0 Å². The zero-order valence-corrected chi connectivity index (χ0v) is 29.1. The first kappa shape index (κ1) is 36.2. The van der Waals surface area contributed by atoms with E-state index in [9.17, 15) is 0 Å². The minimum atomic E-state index is 0.171. The van der Waals surface area contributed by atoms with Crippen molar-refractivity contribution in [2.45, 2.75) is 74.1 Å². The van der Waals surface area contributed by atoms with Crippen LogP contribution in [0.1, 0.15) is 84.1 Å². The van der Waals surface area contributed by atoms with Gasteiger partial charge in [0.05, 0.1) is 0 Å². The Bertz CT molecular complexity index is 1370. The molecule has 0 atom stereocenters. The molecule has 3 aromatic rings. The van der Waals surface area contributed by atoms with Crippen LogP contribution in [0.4, 0.5) is 11.4 Å². The minimum Gasteiger partial charge on any atom is -0.374 e. The molecule has 0 spiro atoms. The summed E-state index contributed by atoms with van der Waals surface area (Å²) < 4.78 is 0. The van der Waals surface area contributed by atoms with Crippen molar-refractivity contribution in [3.8, 4) is 0 Å². The maximum atomic E-state index is 4.36. The zero-order valence-electron chi connectivity index (χ0n) is 29.1. The quantitative estimate of drug-likeness (QED) is 0.281. The molecule has 3 heteroatoms. The molecule has 0 aliphatic carbocycles. The van der Waals surface area contributed by atoms with Gasteiger partial charge in [-0.05, 0) is 97.3 Å². The van der Waals surface area contributed by atoms with Crippen LogP contribution in [0.15, 0.2) is 110 Å². The van der Waals surface area contributed by atoms with Crippen molar-refractivity contribution >= 4 is 22.5 Å². The van der Waals surface area contributed by atoms with Crippen LogP contribution in [0.25, 0.3) is 11.1 Å². The van der Waals surface area contributed by atoms with Crippen LogP contribution in [0, 0.1) is 6.92 Å². The highest BCUT2D eigenvalue weighted by molar-refractivity contribution is 5.80. The number of benzene rings is 3. The van der Waals surface area contributed by atoms with E-state index in [1.54, 1.807) is 0 Å². The van der Waals surface area contributed by atoms with Gasteiger partial charge in [-0.2, -0.15) is 0 Å². The van der Waals surface area contributed by atoms with E-state index in [0.717, 1.165) is 49.6 Å². The number of allylic oxidation sites excluding steroid dienone is 4. The van der Waals surface area contributed by atoms with Crippen molar-refractivity contribution in [2.24, 2.45) is 0 Å². The Balaban J connectivity index is 0.000000333. The Kier molecular flexibility index (Phi) is 14.3. The molecular formula is C41H57N3. The maximum Gasteiger partial charge on any atom is 0.0397 e. The normalized spacial score (nSPS) is 12.6. The van der Waals surface area contributed by atoms with Crippen LogP contribution in [-0.2, 0) is 5.41 Å². The molecule has 0 unspecified atom stereocenters. The molecule has 44 heavy (non-hydrogen) atoms. The summed E-state index contributed by atoms with van der Waals surface area (Å²) in [7, 11) is 0. The van der Waals surface area contributed by atoms with Gasteiger partial charge in [0.25, 0.3) is 0 Å². The molecule has 3 aromatic carbocycles. The van der Waals surface area contributed by atoms with E-state index >= 15 is 0 Å². The first-order valence-electron chi connectivity index (χ1n) is 16.0. The lowest BCUT2D eigenvalue weighted by Crippen LogP contribution is -2.44. The van der Waals surface area contributed by atoms with Crippen LogP contribution in [-0.4, -0.2) is 31.1 Å². The van der Waals surface area contributed by atoms with Crippen LogP contribution >= 0.6 is 0 Å². The van der Waals surface area contributed by atoms with Gasteiger partial charge in [0.15, 0.2) is 0 Å². The highest BCUT2D eigenvalue weighted by Gasteiger charge is 2.16. The van der Waals surface area contributed by atoms with Crippen LogP contribution in [0.3, 0.4) is 0 Å². The lowest BCUT2D eigenvalue weighted by Gasteiger charge is -2.36. The molecule has 1 aliphatic heterocycles. The predicted molar refractivity (Wildman–Crippen MR) is 198 cm³/mol. The van der Waals surface area contributed by atoms with Crippen molar-refractivity contribution in [2.75, 3.05) is 36.4 Å². The third-order valence-corrected chi connectivity index (χ3v) is 7.77. The number of hydrogen-bond acceptors (Lipinski definition) is 3. The fourth-order valence-electron chi connectivity index (χ4n) is 5.15. The molecule has 0 amide bonds. The summed E-state index contributed by atoms with van der Waals surface area (Å²) in [4.78, 5) is 4.73. The van der Waals surface area contributed by atoms with Crippen molar-refractivity contribution in [1.29, 1.82) is 0 Å². The molecular weight excluding hydrogens is 534 g/mol. The van der Waals surface area contributed by atoms with E-state index in [4.69, 9.17) is 0 Å². The number of anilines is 2. The van der Waals surface area contributed by atoms with Gasteiger partial charge in [0.2, 0.25) is 0 Å². The standard InChI is InChI=1S/C26H33N.C13H18N2.C2H6/c1-18(2)25(22-11-15-24(16-12-22)27-19(3)4)17-20(5)21-9-13-23(14-10-21)26(6,7)8;1-3-14-8-10-15(11-9-14)13-7-5-4-6-12(13)2;1-2/h9-16,27H,3,5,17H2,1-2,4,6-8H3;3-7H,1,8-11H2,2H3;1-2H3. The Morgan fingerprint density at radius 3 is 1.82 bits per heavy atom. The molecule has 0 saturated carbocycles. The average molecular weight is 592 g/mol. The van der Waals surface area contributed by atoms with E-state index in [2.05, 4.69) is 149 Å². The SMILES string of the molecule is C=C(C)Nc1ccc(C(CC(=C)c2ccc(C(C)(C)C)cc2)=C(C)C)cc1.C=CN1CCN(c2ccccc2C)CC1.CC. The smallest absolute Gasteiger partial charge is 0.0397 e. The van der Waals surface area contributed by atoms with Gasteiger partial charge < -0.3 is 15.1 Å². The fraction of sp³-hybridized carbons (Fsp3) is 0.366. The first-order valence-corrected chi connectivity index (χ1v) is 16.0. The number of para-hydroxylation sites is 1. The third kappa shape index (κ3) is 10.9. The Labute approximate surface area is 269 Å².